The molecule has 1 aliphatic heterocycles. The van der Waals surface area contributed by atoms with Gasteiger partial charge in [0.25, 0.3) is 5.91 Å². The Morgan fingerprint density at radius 3 is 2.29 bits per heavy atom. The lowest BCUT2D eigenvalue weighted by Gasteiger charge is -2.44. The standard InChI is InChI=1S/C16H14BrNO3/c1-21-13-8-6-12(7-9-13)18-14(15(19)16(18)20)10-2-4-11(17)5-3-10/h2-9,14-15,19H,1H3/t14-,15+/m1/s1. The second kappa shape index (κ2) is 5.50. The third-order valence-electron chi connectivity index (χ3n) is 3.63. The van der Waals surface area contributed by atoms with Crippen LogP contribution in [0.4, 0.5) is 5.69 Å². The summed E-state index contributed by atoms with van der Waals surface area (Å²) in [6, 6.07) is 14.5. The van der Waals surface area contributed by atoms with Crippen LogP contribution in [0.5, 0.6) is 5.75 Å². The lowest BCUT2D eigenvalue weighted by Crippen LogP contribution is -2.59. The predicted octanol–water partition coefficient (Wildman–Crippen LogP) is 2.91. The maximum Gasteiger partial charge on any atom is 0.259 e. The molecule has 0 bridgehead atoms. The fraction of sp³-hybridized carbons (Fsp3) is 0.188. The van der Waals surface area contributed by atoms with Gasteiger partial charge in [-0.05, 0) is 42.0 Å². The van der Waals surface area contributed by atoms with E-state index in [1.807, 2.05) is 36.4 Å². The van der Waals surface area contributed by atoms with Crippen LogP contribution in [0.15, 0.2) is 53.0 Å². The van der Waals surface area contributed by atoms with E-state index in [0.717, 1.165) is 21.5 Å². The van der Waals surface area contributed by atoms with Crippen molar-refractivity contribution in [3.8, 4) is 5.75 Å². The number of benzene rings is 2. The van der Waals surface area contributed by atoms with E-state index in [9.17, 15) is 9.90 Å². The average Bonchev–Trinajstić information content (AvgIpc) is 2.53. The Morgan fingerprint density at radius 1 is 1.10 bits per heavy atom. The number of methoxy groups -OCH3 is 1. The summed E-state index contributed by atoms with van der Waals surface area (Å²) < 4.78 is 6.08. The first-order valence-electron chi connectivity index (χ1n) is 6.52. The number of aliphatic hydroxyl groups is 1. The van der Waals surface area contributed by atoms with Gasteiger partial charge in [-0.25, -0.2) is 0 Å². The smallest absolute Gasteiger partial charge is 0.259 e. The minimum Gasteiger partial charge on any atom is -0.497 e. The molecule has 1 fully saturated rings. The molecule has 3 rings (SSSR count). The van der Waals surface area contributed by atoms with Gasteiger partial charge in [0, 0.05) is 10.2 Å². The minimum absolute atomic E-state index is 0.284. The molecule has 1 saturated heterocycles. The normalized spacial score (nSPS) is 21.1. The average molecular weight is 348 g/mol. The number of halogens is 1. The van der Waals surface area contributed by atoms with Crippen LogP contribution in [0.25, 0.3) is 0 Å². The van der Waals surface area contributed by atoms with Crippen LogP contribution in [0.1, 0.15) is 11.6 Å². The molecule has 0 saturated carbocycles. The lowest BCUT2D eigenvalue weighted by molar-refractivity contribution is -0.137. The maximum absolute atomic E-state index is 12.0. The molecule has 2 atom stereocenters. The van der Waals surface area contributed by atoms with Gasteiger partial charge in [0.2, 0.25) is 0 Å². The minimum atomic E-state index is -0.992. The molecule has 0 aliphatic carbocycles. The van der Waals surface area contributed by atoms with E-state index in [4.69, 9.17) is 4.74 Å². The lowest BCUT2D eigenvalue weighted by atomic mass is 9.90. The molecule has 2 aromatic carbocycles. The molecule has 1 heterocycles. The molecule has 1 aliphatic rings. The third-order valence-corrected chi connectivity index (χ3v) is 4.16. The molecule has 21 heavy (non-hydrogen) atoms. The van der Waals surface area contributed by atoms with Crippen LogP contribution in [0, 0.1) is 0 Å². The Balaban J connectivity index is 1.92. The number of nitrogens with zero attached hydrogens (tertiary/aromatic N) is 1. The summed E-state index contributed by atoms with van der Waals surface area (Å²) >= 11 is 3.38. The van der Waals surface area contributed by atoms with Crippen LogP contribution >= 0.6 is 15.9 Å². The number of β-lactam (4-membered cyclic amide) rings is 1. The van der Waals surface area contributed by atoms with Crippen molar-refractivity contribution in [1.82, 2.24) is 0 Å². The number of anilines is 1. The molecule has 1 amide bonds. The summed E-state index contributed by atoms with van der Waals surface area (Å²) in [5.41, 5.74) is 1.65. The van der Waals surface area contributed by atoms with Gasteiger partial charge in [0.1, 0.15) is 5.75 Å². The number of amides is 1. The molecular formula is C16H14BrNO3. The molecule has 1 N–H and O–H groups in total. The molecular weight excluding hydrogens is 334 g/mol. The zero-order valence-corrected chi connectivity index (χ0v) is 12.9. The fourth-order valence-corrected chi connectivity index (χ4v) is 2.76. The molecule has 5 heteroatoms. The van der Waals surface area contributed by atoms with E-state index in [1.54, 1.807) is 24.1 Å². The number of rotatable bonds is 3. The van der Waals surface area contributed by atoms with Gasteiger partial charge < -0.3 is 9.84 Å². The summed E-state index contributed by atoms with van der Waals surface area (Å²) in [4.78, 5) is 13.6. The molecule has 0 radical (unpaired) electrons. The van der Waals surface area contributed by atoms with Gasteiger partial charge in [-0.1, -0.05) is 28.1 Å². The Labute approximate surface area is 131 Å². The van der Waals surface area contributed by atoms with Crippen molar-refractivity contribution < 1.29 is 14.6 Å². The number of aliphatic hydroxyl groups excluding tert-OH is 1. The zero-order valence-electron chi connectivity index (χ0n) is 11.4. The van der Waals surface area contributed by atoms with Crippen molar-refractivity contribution in [2.24, 2.45) is 0 Å². The number of hydrogen-bond acceptors (Lipinski definition) is 3. The van der Waals surface area contributed by atoms with E-state index in [1.165, 1.54) is 0 Å². The van der Waals surface area contributed by atoms with E-state index >= 15 is 0 Å². The highest BCUT2D eigenvalue weighted by molar-refractivity contribution is 9.10. The van der Waals surface area contributed by atoms with Crippen molar-refractivity contribution >= 4 is 27.5 Å². The van der Waals surface area contributed by atoms with Crippen LogP contribution in [0.3, 0.4) is 0 Å². The molecule has 0 unspecified atom stereocenters. The van der Waals surface area contributed by atoms with Gasteiger partial charge >= 0.3 is 0 Å². The number of carbonyl (C=O) groups excluding carboxylic acids is 1. The highest BCUT2D eigenvalue weighted by atomic mass is 79.9. The summed E-state index contributed by atoms with van der Waals surface area (Å²) in [7, 11) is 1.60. The SMILES string of the molecule is COc1ccc(N2C(=O)[C@@H](O)[C@H]2c2ccc(Br)cc2)cc1. The molecule has 0 spiro atoms. The topological polar surface area (TPSA) is 49.8 Å². The number of carbonyl (C=O) groups is 1. The molecule has 108 valence electrons. The van der Waals surface area contributed by atoms with Gasteiger partial charge in [-0.3, -0.25) is 9.69 Å². The zero-order chi connectivity index (χ0) is 15.0. The van der Waals surface area contributed by atoms with E-state index < -0.39 is 6.10 Å². The van der Waals surface area contributed by atoms with Crippen LogP contribution in [-0.2, 0) is 4.79 Å². The molecule has 0 aromatic heterocycles. The van der Waals surface area contributed by atoms with Gasteiger partial charge in [-0.2, -0.15) is 0 Å². The number of hydrogen-bond donors (Lipinski definition) is 1. The van der Waals surface area contributed by atoms with Crippen molar-refractivity contribution in [3.63, 3.8) is 0 Å². The highest BCUT2D eigenvalue weighted by Gasteiger charge is 2.47. The summed E-state index contributed by atoms with van der Waals surface area (Å²) in [5.74, 6) is 0.445. The van der Waals surface area contributed by atoms with Crippen LogP contribution in [0.2, 0.25) is 0 Å². The second-order valence-electron chi connectivity index (χ2n) is 4.85. The second-order valence-corrected chi connectivity index (χ2v) is 5.76. The van der Waals surface area contributed by atoms with Gasteiger partial charge in [-0.15, -0.1) is 0 Å². The molecule has 2 aromatic rings. The first kappa shape index (κ1) is 14.1. The summed E-state index contributed by atoms with van der Waals surface area (Å²) in [6.07, 6.45) is -0.992. The predicted molar refractivity (Wildman–Crippen MR) is 83.4 cm³/mol. The first-order valence-corrected chi connectivity index (χ1v) is 7.32. The van der Waals surface area contributed by atoms with Crippen molar-refractivity contribution in [1.29, 1.82) is 0 Å². The van der Waals surface area contributed by atoms with Crippen LogP contribution < -0.4 is 9.64 Å². The first-order chi connectivity index (χ1) is 10.1. The third kappa shape index (κ3) is 2.43. The van der Waals surface area contributed by atoms with E-state index in [-0.39, 0.29) is 11.9 Å². The van der Waals surface area contributed by atoms with E-state index in [2.05, 4.69) is 15.9 Å². The van der Waals surface area contributed by atoms with Crippen molar-refractivity contribution in [2.45, 2.75) is 12.1 Å². The van der Waals surface area contributed by atoms with Crippen molar-refractivity contribution in [2.75, 3.05) is 12.0 Å². The summed E-state index contributed by atoms with van der Waals surface area (Å²) in [6.45, 7) is 0. The molecule has 4 nitrogen and oxygen atoms in total. The van der Waals surface area contributed by atoms with E-state index in [0.29, 0.717) is 0 Å². The Bertz CT molecular complexity index is 654. The van der Waals surface area contributed by atoms with Crippen LogP contribution in [-0.4, -0.2) is 24.2 Å². The highest BCUT2D eigenvalue weighted by Crippen LogP contribution is 2.39. The monoisotopic (exact) mass is 347 g/mol. The quantitative estimate of drug-likeness (QED) is 0.868. The van der Waals surface area contributed by atoms with Gasteiger partial charge in [0.05, 0.1) is 13.2 Å². The Morgan fingerprint density at radius 2 is 1.71 bits per heavy atom. The Hall–Kier alpha value is -1.85. The van der Waals surface area contributed by atoms with Gasteiger partial charge in [0.15, 0.2) is 6.10 Å². The number of ether oxygens (including phenoxy) is 1. The summed E-state index contributed by atoms with van der Waals surface area (Å²) in [5, 5.41) is 10.0. The maximum atomic E-state index is 12.0. The fourth-order valence-electron chi connectivity index (χ4n) is 2.50. The largest absolute Gasteiger partial charge is 0.497 e. The Kier molecular flexibility index (Phi) is 3.69. The van der Waals surface area contributed by atoms with Crippen molar-refractivity contribution in [3.05, 3.63) is 58.6 Å².